The number of aromatic nitrogens is 1. The van der Waals surface area contributed by atoms with Gasteiger partial charge >= 0.3 is 6.09 Å². The molecule has 0 saturated carbocycles. The van der Waals surface area contributed by atoms with Gasteiger partial charge in [0.15, 0.2) is 0 Å². The lowest BCUT2D eigenvalue weighted by molar-refractivity contribution is 0.0263. The zero-order valence-corrected chi connectivity index (χ0v) is 12.6. The summed E-state index contributed by atoms with van der Waals surface area (Å²) < 4.78 is 5.42. The van der Waals surface area contributed by atoms with Gasteiger partial charge in [-0.05, 0) is 27.2 Å². The van der Waals surface area contributed by atoms with E-state index < -0.39 is 5.60 Å². The molecule has 5 nitrogen and oxygen atoms in total. The first kappa shape index (κ1) is 14.1. The Kier molecular flexibility index (Phi) is 4.29. The lowest BCUT2D eigenvalue weighted by Gasteiger charge is -2.26. The molecule has 106 valence electrons. The molecule has 0 bridgehead atoms. The molecule has 2 rings (SSSR count). The Bertz CT molecular complexity index is 414. The van der Waals surface area contributed by atoms with E-state index in [1.165, 1.54) is 5.00 Å². The minimum absolute atomic E-state index is 0.210. The first-order valence-corrected chi connectivity index (χ1v) is 7.45. The van der Waals surface area contributed by atoms with Crippen LogP contribution in [0.15, 0.2) is 11.7 Å². The molecule has 1 aromatic heterocycles. The number of thiazole rings is 1. The number of hydrogen-bond acceptors (Lipinski definition) is 5. The second kappa shape index (κ2) is 5.77. The molecule has 0 atom stereocenters. The van der Waals surface area contributed by atoms with Crippen molar-refractivity contribution in [2.45, 2.75) is 32.8 Å². The summed E-state index contributed by atoms with van der Waals surface area (Å²) in [6.45, 7) is 8.94. The summed E-state index contributed by atoms with van der Waals surface area (Å²) in [4.78, 5) is 20.2. The molecule has 0 unspecified atom stereocenters. The van der Waals surface area contributed by atoms with Crippen molar-refractivity contribution in [3.63, 3.8) is 0 Å². The molecule has 0 spiro atoms. The Hall–Kier alpha value is -1.30. The van der Waals surface area contributed by atoms with Crippen molar-refractivity contribution < 1.29 is 9.53 Å². The standard InChI is InChI=1S/C13H21N3O2S/c1-13(2,3)18-12(17)16-6-4-5-15(7-8-16)11-9-14-10-19-11/h9-10H,4-8H2,1-3H3. The molecule has 1 amide bonds. The van der Waals surface area contributed by atoms with Crippen LogP contribution < -0.4 is 4.90 Å². The van der Waals surface area contributed by atoms with Gasteiger partial charge in [0.1, 0.15) is 10.6 Å². The Morgan fingerprint density at radius 1 is 1.32 bits per heavy atom. The van der Waals surface area contributed by atoms with Crippen LogP contribution in [0.1, 0.15) is 27.2 Å². The molecule has 0 radical (unpaired) electrons. The predicted octanol–water partition coefficient (Wildman–Crippen LogP) is 2.59. The normalized spacial score (nSPS) is 17.2. The Balaban J connectivity index is 1.91. The number of anilines is 1. The molecule has 0 aromatic carbocycles. The third kappa shape index (κ3) is 4.09. The molecular weight excluding hydrogens is 262 g/mol. The monoisotopic (exact) mass is 283 g/mol. The highest BCUT2D eigenvalue weighted by molar-refractivity contribution is 7.13. The summed E-state index contributed by atoms with van der Waals surface area (Å²) in [5.74, 6) is 0. The van der Waals surface area contributed by atoms with Crippen LogP contribution in [0.2, 0.25) is 0 Å². The summed E-state index contributed by atoms with van der Waals surface area (Å²) >= 11 is 1.64. The van der Waals surface area contributed by atoms with Crippen LogP contribution in [-0.2, 0) is 4.74 Å². The number of rotatable bonds is 1. The summed E-state index contributed by atoms with van der Waals surface area (Å²) in [6, 6.07) is 0. The first-order valence-electron chi connectivity index (χ1n) is 6.57. The van der Waals surface area contributed by atoms with Crippen molar-refractivity contribution in [2.75, 3.05) is 31.1 Å². The van der Waals surface area contributed by atoms with E-state index >= 15 is 0 Å². The topological polar surface area (TPSA) is 45.7 Å². The number of carbonyl (C=O) groups is 1. The van der Waals surface area contributed by atoms with E-state index in [4.69, 9.17) is 4.74 Å². The van der Waals surface area contributed by atoms with E-state index in [0.29, 0.717) is 6.54 Å². The van der Waals surface area contributed by atoms with Crippen molar-refractivity contribution >= 4 is 22.4 Å². The van der Waals surface area contributed by atoms with Crippen LogP contribution in [0.4, 0.5) is 9.80 Å². The lowest BCUT2D eigenvalue weighted by atomic mass is 10.2. The number of hydrogen-bond donors (Lipinski definition) is 0. The van der Waals surface area contributed by atoms with Gasteiger partial charge in [0.25, 0.3) is 0 Å². The SMILES string of the molecule is CC(C)(C)OC(=O)N1CCCN(c2cncs2)CC1. The summed E-state index contributed by atoms with van der Waals surface area (Å²) in [6.07, 6.45) is 2.63. The molecule has 0 N–H and O–H groups in total. The number of amides is 1. The zero-order valence-electron chi connectivity index (χ0n) is 11.8. The number of carbonyl (C=O) groups excluding carboxylic acids is 1. The van der Waals surface area contributed by atoms with Crippen LogP contribution in [0, 0.1) is 0 Å². The van der Waals surface area contributed by atoms with Gasteiger partial charge in [-0.2, -0.15) is 0 Å². The smallest absolute Gasteiger partial charge is 0.410 e. The minimum Gasteiger partial charge on any atom is -0.444 e. The second-order valence-electron chi connectivity index (χ2n) is 5.65. The summed E-state index contributed by atoms with van der Waals surface area (Å²) in [7, 11) is 0. The third-order valence-electron chi connectivity index (χ3n) is 2.88. The number of ether oxygens (including phenoxy) is 1. The summed E-state index contributed by atoms with van der Waals surface area (Å²) in [5.41, 5.74) is 1.41. The van der Waals surface area contributed by atoms with E-state index in [-0.39, 0.29) is 6.09 Å². The van der Waals surface area contributed by atoms with E-state index in [1.807, 2.05) is 32.5 Å². The van der Waals surface area contributed by atoms with Gasteiger partial charge in [-0.15, -0.1) is 11.3 Å². The van der Waals surface area contributed by atoms with E-state index in [9.17, 15) is 4.79 Å². The van der Waals surface area contributed by atoms with Gasteiger partial charge in [-0.1, -0.05) is 0 Å². The van der Waals surface area contributed by atoms with E-state index in [0.717, 1.165) is 26.1 Å². The molecular formula is C13H21N3O2S. The van der Waals surface area contributed by atoms with Crippen molar-refractivity contribution in [2.24, 2.45) is 0 Å². The highest BCUT2D eigenvalue weighted by Gasteiger charge is 2.24. The van der Waals surface area contributed by atoms with Crippen molar-refractivity contribution in [3.8, 4) is 0 Å². The number of nitrogens with zero attached hydrogens (tertiary/aromatic N) is 3. The average Bonchev–Trinajstić information content (AvgIpc) is 2.71. The summed E-state index contributed by atoms with van der Waals surface area (Å²) in [5, 5.41) is 1.17. The van der Waals surface area contributed by atoms with E-state index in [1.54, 1.807) is 16.2 Å². The predicted molar refractivity (Wildman–Crippen MR) is 76.8 cm³/mol. The quantitative estimate of drug-likeness (QED) is 0.794. The second-order valence-corrected chi connectivity index (χ2v) is 6.51. The maximum Gasteiger partial charge on any atom is 0.410 e. The maximum atomic E-state index is 12.0. The molecule has 1 saturated heterocycles. The lowest BCUT2D eigenvalue weighted by Crippen LogP contribution is -2.39. The Labute approximate surface area is 118 Å². The fourth-order valence-electron chi connectivity index (χ4n) is 2.01. The molecule has 2 heterocycles. The third-order valence-corrected chi connectivity index (χ3v) is 3.71. The highest BCUT2D eigenvalue weighted by Crippen LogP contribution is 2.21. The fraction of sp³-hybridized carbons (Fsp3) is 0.692. The van der Waals surface area contributed by atoms with Gasteiger partial charge in [0.05, 0.1) is 11.7 Å². The first-order chi connectivity index (χ1) is 8.96. The van der Waals surface area contributed by atoms with Crippen molar-refractivity contribution in [1.29, 1.82) is 0 Å². The molecule has 1 aliphatic heterocycles. The van der Waals surface area contributed by atoms with Gasteiger partial charge in [-0.3, -0.25) is 4.98 Å². The van der Waals surface area contributed by atoms with Crippen LogP contribution in [0.3, 0.4) is 0 Å². The largest absolute Gasteiger partial charge is 0.444 e. The van der Waals surface area contributed by atoms with Gasteiger partial charge in [0, 0.05) is 26.2 Å². The minimum atomic E-state index is -0.430. The van der Waals surface area contributed by atoms with Crippen LogP contribution in [0.25, 0.3) is 0 Å². The fourth-order valence-corrected chi connectivity index (χ4v) is 2.70. The van der Waals surface area contributed by atoms with Crippen LogP contribution in [-0.4, -0.2) is 47.8 Å². The zero-order chi connectivity index (χ0) is 13.9. The van der Waals surface area contributed by atoms with E-state index in [2.05, 4.69) is 9.88 Å². The van der Waals surface area contributed by atoms with Gasteiger partial charge in [-0.25, -0.2) is 4.79 Å². The maximum absolute atomic E-state index is 12.0. The highest BCUT2D eigenvalue weighted by atomic mass is 32.1. The molecule has 1 aliphatic rings. The van der Waals surface area contributed by atoms with Crippen molar-refractivity contribution in [1.82, 2.24) is 9.88 Å². The Morgan fingerprint density at radius 3 is 2.74 bits per heavy atom. The Morgan fingerprint density at radius 2 is 2.11 bits per heavy atom. The van der Waals surface area contributed by atoms with Crippen LogP contribution in [0.5, 0.6) is 0 Å². The molecule has 1 aromatic rings. The molecule has 1 fully saturated rings. The molecule has 0 aliphatic carbocycles. The van der Waals surface area contributed by atoms with Crippen molar-refractivity contribution in [3.05, 3.63) is 11.7 Å². The van der Waals surface area contributed by atoms with Gasteiger partial charge in [0.2, 0.25) is 0 Å². The van der Waals surface area contributed by atoms with Crippen LogP contribution >= 0.6 is 11.3 Å². The molecule has 6 heteroatoms. The molecule has 19 heavy (non-hydrogen) atoms. The average molecular weight is 283 g/mol. The van der Waals surface area contributed by atoms with Gasteiger partial charge < -0.3 is 14.5 Å².